The van der Waals surface area contributed by atoms with E-state index in [0.29, 0.717) is 0 Å². The first kappa shape index (κ1) is 22.8. The SMILES string of the molecule is CCC1=[C-]C(CC)=C(CC)C1.CCC1=[C-]C(CC)=C(CC)C1.[Hf]. The predicted molar refractivity (Wildman–Crippen MR) is 98.5 cm³/mol. The average Bonchev–Trinajstić information content (AvgIpc) is 3.17. The first-order chi connectivity index (χ1) is 10.6. The van der Waals surface area contributed by atoms with Crippen molar-refractivity contribution in [3.8, 4) is 0 Å². The van der Waals surface area contributed by atoms with Crippen LogP contribution in [0.15, 0.2) is 33.4 Å². The topological polar surface area (TPSA) is 0 Å². The van der Waals surface area contributed by atoms with Crippen molar-refractivity contribution in [2.75, 3.05) is 0 Å². The van der Waals surface area contributed by atoms with Gasteiger partial charge in [-0.1, -0.05) is 80.1 Å². The van der Waals surface area contributed by atoms with Gasteiger partial charge in [0.2, 0.25) is 0 Å². The zero-order valence-electron chi connectivity index (χ0n) is 16.2. The molecule has 0 bridgehead atoms. The zero-order valence-corrected chi connectivity index (χ0v) is 19.7. The molecule has 1 heteroatoms. The first-order valence-electron chi connectivity index (χ1n) is 9.28. The van der Waals surface area contributed by atoms with Crippen LogP contribution in [0.1, 0.15) is 92.9 Å². The van der Waals surface area contributed by atoms with E-state index < -0.39 is 0 Å². The summed E-state index contributed by atoms with van der Waals surface area (Å²) in [6.07, 6.45) is 16.5. The van der Waals surface area contributed by atoms with Crippen molar-refractivity contribution >= 4 is 0 Å². The van der Waals surface area contributed by atoms with Crippen molar-refractivity contribution in [1.29, 1.82) is 0 Å². The second-order valence-corrected chi connectivity index (χ2v) is 6.10. The molecule has 0 aromatic rings. The van der Waals surface area contributed by atoms with Crippen LogP contribution in [0.2, 0.25) is 0 Å². The van der Waals surface area contributed by atoms with Gasteiger partial charge in [-0.3, -0.25) is 0 Å². The smallest absolute Gasteiger partial charge is 0 e. The van der Waals surface area contributed by atoms with Crippen LogP contribution >= 0.6 is 0 Å². The quantitative estimate of drug-likeness (QED) is 0.279. The fourth-order valence-corrected chi connectivity index (χ4v) is 3.20. The van der Waals surface area contributed by atoms with Crippen molar-refractivity contribution in [2.45, 2.75) is 92.9 Å². The summed E-state index contributed by atoms with van der Waals surface area (Å²) in [5.41, 5.74) is 9.18. The molecular weight excluding hydrogens is 443 g/mol. The Balaban J connectivity index is 0.000000403. The van der Waals surface area contributed by atoms with Gasteiger partial charge in [-0.2, -0.15) is 11.1 Å². The number of rotatable bonds is 6. The summed E-state index contributed by atoms with van der Waals surface area (Å²) in [4.78, 5) is 0. The molecule has 2 aliphatic carbocycles. The van der Waals surface area contributed by atoms with Gasteiger partial charge in [0.15, 0.2) is 0 Å². The van der Waals surface area contributed by atoms with E-state index in [9.17, 15) is 0 Å². The minimum Gasteiger partial charge on any atom is -0.249 e. The minimum absolute atomic E-state index is 0. The third-order valence-corrected chi connectivity index (χ3v) is 4.78. The van der Waals surface area contributed by atoms with Gasteiger partial charge in [0.25, 0.3) is 0 Å². The molecule has 0 amide bonds. The Bertz CT molecular complexity index is 440. The zero-order chi connectivity index (χ0) is 16.5. The molecule has 2 rings (SSSR count). The number of hydrogen-bond donors (Lipinski definition) is 0. The molecule has 23 heavy (non-hydrogen) atoms. The van der Waals surface area contributed by atoms with Crippen LogP contribution in [-0.2, 0) is 25.8 Å². The normalized spacial score (nSPS) is 16.8. The van der Waals surface area contributed by atoms with Crippen LogP contribution in [0.5, 0.6) is 0 Å². The second-order valence-electron chi connectivity index (χ2n) is 6.10. The van der Waals surface area contributed by atoms with E-state index in [1.54, 1.807) is 11.1 Å². The van der Waals surface area contributed by atoms with Crippen LogP contribution in [-0.4, -0.2) is 0 Å². The van der Waals surface area contributed by atoms with Gasteiger partial charge in [0.1, 0.15) is 0 Å². The van der Waals surface area contributed by atoms with Gasteiger partial charge in [0, 0.05) is 25.8 Å². The van der Waals surface area contributed by atoms with Gasteiger partial charge in [-0.05, 0) is 0 Å². The van der Waals surface area contributed by atoms with Crippen LogP contribution < -0.4 is 0 Å². The van der Waals surface area contributed by atoms with Crippen molar-refractivity contribution in [1.82, 2.24) is 0 Å². The molecule has 0 atom stereocenters. The van der Waals surface area contributed by atoms with E-state index in [0.717, 1.165) is 12.8 Å². The van der Waals surface area contributed by atoms with E-state index in [4.69, 9.17) is 0 Å². The van der Waals surface area contributed by atoms with E-state index >= 15 is 0 Å². The molecule has 2 aliphatic rings. The Labute approximate surface area is 164 Å². The molecule has 0 spiro atoms. The Morgan fingerprint density at radius 1 is 0.565 bits per heavy atom. The van der Waals surface area contributed by atoms with Crippen LogP contribution in [0.3, 0.4) is 0 Å². The molecule has 0 saturated carbocycles. The third-order valence-electron chi connectivity index (χ3n) is 4.78. The van der Waals surface area contributed by atoms with Gasteiger partial charge >= 0.3 is 0 Å². The molecule has 0 heterocycles. The summed E-state index contributed by atoms with van der Waals surface area (Å²) in [7, 11) is 0. The average molecular weight is 477 g/mol. The van der Waals surface area contributed by atoms with Crippen molar-refractivity contribution in [3.05, 3.63) is 45.6 Å². The van der Waals surface area contributed by atoms with Crippen molar-refractivity contribution in [3.63, 3.8) is 0 Å². The summed E-state index contributed by atoms with van der Waals surface area (Å²) in [6, 6.07) is 0. The minimum atomic E-state index is 0. The predicted octanol–water partition coefficient (Wildman–Crippen LogP) is 7.29. The molecule has 0 radical (unpaired) electrons. The van der Waals surface area contributed by atoms with E-state index in [-0.39, 0.29) is 25.8 Å². The van der Waals surface area contributed by atoms with Crippen LogP contribution in [0, 0.1) is 12.2 Å². The van der Waals surface area contributed by atoms with Gasteiger partial charge in [-0.25, -0.2) is 34.4 Å². The van der Waals surface area contributed by atoms with Crippen molar-refractivity contribution < 1.29 is 25.8 Å². The summed E-state index contributed by atoms with van der Waals surface area (Å²) >= 11 is 0. The maximum Gasteiger partial charge on any atom is 0 e. The van der Waals surface area contributed by atoms with E-state index in [1.807, 2.05) is 0 Å². The summed E-state index contributed by atoms with van der Waals surface area (Å²) in [5, 5.41) is 0. The molecule has 0 nitrogen and oxygen atoms in total. The van der Waals surface area contributed by atoms with Gasteiger partial charge < -0.3 is 0 Å². The Kier molecular flexibility index (Phi) is 12.1. The number of allylic oxidation sites excluding steroid dienone is 8. The Morgan fingerprint density at radius 2 is 0.913 bits per heavy atom. The molecule has 0 aliphatic heterocycles. The molecule has 0 unspecified atom stereocenters. The fourth-order valence-electron chi connectivity index (χ4n) is 3.20. The monoisotopic (exact) mass is 478 g/mol. The molecule has 0 fully saturated rings. The summed E-state index contributed by atoms with van der Waals surface area (Å²) in [6.45, 7) is 13.4. The molecule has 0 aromatic heterocycles. The molecule has 0 saturated heterocycles. The van der Waals surface area contributed by atoms with E-state index in [1.165, 1.54) is 60.8 Å². The first-order valence-corrected chi connectivity index (χ1v) is 9.28. The van der Waals surface area contributed by atoms with Gasteiger partial charge in [-0.15, -0.1) is 12.8 Å². The van der Waals surface area contributed by atoms with Gasteiger partial charge in [0.05, 0.1) is 0 Å². The van der Waals surface area contributed by atoms with E-state index in [2.05, 4.69) is 53.7 Å². The fraction of sp³-hybridized carbons (Fsp3) is 0.636. The Hall–Kier alpha value is -0.170. The third kappa shape index (κ3) is 6.69. The molecule has 0 aromatic carbocycles. The summed E-state index contributed by atoms with van der Waals surface area (Å²) in [5.74, 6) is 0. The largest absolute Gasteiger partial charge is 0.249 e. The van der Waals surface area contributed by atoms with Crippen molar-refractivity contribution in [2.24, 2.45) is 0 Å². The molecule has 128 valence electrons. The second kappa shape index (κ2) is 12.2. The van der Waals surface area contributed by atoms with Crippen LogP contribution in [0.4, 0.5) is 0 Å². The standard InChI is InChI=1S/2C11H17.Hf/c2*1-4-9-7-10(5-2)11(6-3)8-9;/h2*4-7H2,1-3H3;/q2*-1;. The number of hydrogen-bond acceptors (Lipinski definition) is 0. The molecular formula is C22H34Hf-2. The maximum absolute atomic E-state index is 3.49. The van der Waals surface area contributed by atoms with Crippen LogP contribution in [0.25, 0.3) is 0 Å². The summed E-state index contributed by atoms with van der Waals surface area (Å²) < 4.78 is 0. The molecule has 0 N–H and O–H groups in total. The Morgan fingerprint density at radius 3 is 1.09 bits per heavy atom. The maximum atomic E-state index is 3.49.